The van der Waals surface area contributed by atoms with Gasteiger partial charge in [-0.05, 0) is 24.3 Å². The first kappa shape index (κ1) is 18.2. The summed E-state index contributed by atoms with van der Waals surface area (Å²) in [5.41, 5.74) is 1.06. The number of fused-ring (bicyclic) bond motifs is 1. The lowest BCUT2D eigenvalue weighted by Crippen LogP contribution is -2.49. The molecular formula is C19H23N3O4S. The predicted molar refractivity (Wildman–Crippen MR) is 101 cm³/mol. The summed E-state index contributed by atoms with van der Waals surface area (Å²) in [6.07, 6.45) is 2.67. The zero-order chi connectivity index (χ0) is 18.7. The quantitative estimate of drug-likeness (QED) is 0.770. The number of nitrogens with zero attached hydrogens (tertiary/aromatic N) is 3. The first-order valence-corrected chi connectivity index (χ1v) is 10.6. The van der Waals surface area contributed by atoms with E-state index in [9.17, 15) is 8.42 Å². The van der Waals surface area contributed by atoms with Crippen LogP contribution < -0.4 is 9.47 Å². The van der Waals surface area contributed by atoms with Gasteiger partial charge in [0.05, 0.1) is 4.90 Å². The standard InChI is InChI=1S/C19H23N3O4S/c23-27(24,17-4-5-18-19(15-17)26-14-13-25-18)22-11-9-21(10-12-22)8-6-16-3-1-2-7-20-16/h1-5,7,15H,6,8-14H2. The molecule has 8 heteroatoms. The monoisotopic (exact) mass is 389 g/mol. The van der Waals surface area contributed by atoms with E-state index in [-0.39, 0.29) is 4.90 Å². The minimum absolute atomic E-state index is 0.258. The lowest BCUT2D eigenvalue weighted by molar-refractivity contribution is 0.171. The van der Waals surface area contributed by atoms with Crippen LogP contribution in [0.25, 0.3) is 0 Å². The molecule has 0 amide bonds. The fraction of sp³-hybridized carbons (Fsp3) is 0.421. The molecule has 4 rings (SSSR count). The summed E-state index contributed by atoms with van der Waals surface area (Å²) in [5.74, 6) is 1.09. The van der Waals surface area contributed by atoms with Crippen molar-refractivity contribution in [1.29, 1.82) is 0 Å². The maximum atomic E-state index is 13.0. The molecule has 1 saturated heterocycles. The van der Waals surface area contributed by atoms with Crippen LogP contribution in [0.1, 0.15) is 5.69 Å². The van der Waals surface area contributed by atoms with Crippen LogP contribution in [0.4, 0.5) is 0 Å². The molecule has 0 saturated carbocycles. The van der Waals surface area contributed by atoms with Gasteiger partial charge in [0, 0.05) is 57.1 Å². The van der Waals surface area contributed by atoms with Gasteiger partial charge >= 0.3 is 0 Å². The molecular weight excluding hydrogens is 366 g/mol. The molecule has 7 nitrogen and oxygen atoms in total. The van der Waals surface area contributed by atoms with Gasteiger partial charge in [-0.1, -0.05) is 6.07 Å². The van der Waals surface area contributed by atoms with Gasteiger partial charge in [0.25, 0.3) is 0 Å². The first-order chi connectivity index (χ1) is 13.1. The van der Waals surface area contributed by atoms with Crippen molar-refractivity contribution in [2.45, 2.75) is 11.3 Å². The molecule has 1 aromatic heterocycles. The van der Waals surface area contributed by atoms with Crippen LogP contribution in [-0.4, -0.2) is 68.5 Å². The second-order valence-electron chi connectivity index (χ2n) is 6.62. The molecule has 0 radical (unpaired) electrons. The number of rotatable bonds is 5. The lowest BCUT2D eigenvalue weighted by atomic mass is 10.2. The fourth-order valence-electron chi connectivity index (χ4n) is 3.35. The van der Waals surface area contributed by atoms with E-state index in [0.29, 0.717) is 37.8 Å². The Morgan fingerprint density at radius 2 is 1.74 bits per heavy atom. The van der Waals surface area contributed by atoms with Crippen LogP contribution in [0.2, 0.25) is 0 Å². The van der Waals surface area contributed by atoms with Crippen molar-refractivity contribution in [2.75, 3.05) is 45.9 Å². The molecule has 0 unspecified atom stereocenters. The van der Waals surface area contributed by atoms with E-state index >= 15 is 0 Å². The molecule has 0 atom stereocenters. The van der Waals surface area contributed by atoms with E-state index < -0.39 is 10.0 Å². The normalized spacial score (nSPS) is 18.4. The van der Waals surface area contributed by atoms with E-state index in [1.807, 2.05) is 18.2 Å². The molecule has 1 aromatic carbocycles. The minimum atomic E-state index is -3.53. The van der Waals surface area contributed by atoms with Crippen LogP contribution >= 0.6 is 0 Å². The molecule has 2 aliphatic rings. The smallest absolute Gasteiger partial charge is 0.243 e. The van der Waals surface area contributed by atoms with Crippen molar-refractivity contribution < 1.29 is 17.9 Å². The summed E-state index contributed by atoms with van der Waals surface area (Å²) in [5, 5.41) is 0. The Morgan fingerprint density at radius 1 is 0.963 bits per heavy atom. The zero-order valence-electron chi connectivity index (χ0n) is 15.1. The molecule has 27 heavy (non-hydrogen) atoms. The lowest BCUT2D eigenvalue weighted by Gasteiger charge is -2.34. The van der Waals surface area contributed by atoms with Gasteiger partial charge in [0.1, 0.15) is 13.2 Å². The number of sulfonamides is 1. The second-order valence-corrected chi connectivity index (χ2v) is 8.56. The summed E-state index contributed by atoms with van der Waals surface area (Å²) in [6, 6.07) is 10.7. The Balaban J connectivity index is 1.37. The SMILES string of the molecule is O=S(=O)(c1ccc2c(c1)OCCO2)N1CCN(CCc2ccccn2)CC1. The molecule has 0 spiro atoms. The van der Waals surface area contributed by atoms with Crippen LogP contribution in [0.15, 0.2) is 47.5 Å². The number of aromatic nitrogens is 1. The van der Waals surface area contributed by atoms with Crippen molar-refractivity contribution in [3.05, 3.63) is 48.3 Å². The molecule has 1 fully saturated rings. The van der Waals surface area contributed by atoms with E-state index in [0.717, 1.165) is 31.7 Å². The van der Waals surface area contributed by atoms with E-state index in [1.54, 1.807) is 28.7 Å². The maximum absolute atomic E-state index is 13.0. The predicted octanol–water partition coefficient (Wildman–Crippen LogP) is 1.40. The van der Waals surface area contributed by atoms with Crippen LogP contribution in [-0.2, 0) is 16.4 Å². The van der Waals surface area contributed by atoms with Gasteiger partial charge < -0.3 is 14.4 Å². The highest BCUT2D eigenvalue weighted by atomic mass is 32.2. The van der Waals surface area contributed by atoms with Gasteiger partial charge in [-0.15, -0.1) is 0 Å². The third kappa shape index (κ3) is 4.07. The number of pyridine rings is 1. The summed E-state index contributed by atoms with van der Waals surface area (Å²) >= 11 is 0. The second kappa shape index (κ2) is 7.84. The summed E-state index contributed by atoms with van der Waals surface area (Å²) < 4.78 is 38.5. The molecule has 0 N–H and O–H groups in total. The number of piperazine rings is 1. The van der Waals surface area contributed by atoms with E-state index in [4.69, 9.17) is 9.47 Å². The highest BCUT2D eigenvalue weighted by molar-refractivity contribution is 7.89. The van der Waals surface area contributed by atoms with Crippen molar-refractivity contribution in [3.63, 3.8) is 0 Å². The molecule has 0 bridgehead atoms. The van der Waals surface area contributed by atoms with Crippen LogP contribution in [0.3, 0.4) is 0 Å². The van der Waals surface area contributed by atoms with E-state index in [1.165, 1.54) is 0 Å². The third-order valence-electron chi connectivity index (χ3n) is 4.89. The van der Waals surface area contributed by atoms with Crippen LogP contribution in [0.5, 0.6) is 11.5 Å². The van der Waals surface area contributed by atoms with Gasteiger partial charge in [-0.2, -0.15) is 4.31 Å². The van der Waals surface area contributed by atoms with Gasteiger partial charge in [-0.3, -0.25) is 4.98 Å². The highest BCUT2D eigenvalue weighted by Crippen LogP contribution is 2.33. The van der Waals surface area contributed by atoms with Crippen molar-refractivity contribution in [1.82, 2.24) is 14.2 Å². The van der Waals surface area contributed by atoms with E-state index in [2.05, 4.69) is 9.88 Å². The Labute approximate surface area is 159 Å². The topological polar surface area (TPSA) is 72.0 Å². The maximum Gasteiger partial charge on any atom is 0.243 e. The van der Waals surface area contributed by atoms with Crippen molar-refractivity contribution >= 4 is 10.0 Å². The zero-order valence-corrected chi connectivity index (χ0v) is 15.9. The average Bonchev–Trinajstić information content (AvgIpc) is 2.73. The van der Waals surface area contributed by atoms with Gasteiger partial charge in [0.2, 0.25) is 10.0 Å². The van der Waals surface area contributed by atoms with Crippen LogP contribution in [0, 0.1) is 0 Å². The van der Waals surface area contributed by atoms with Crippen molar-refractivity contribution in [3.8, 4) is 11.5 Å². The molecule has 3 heterocycles. The average molecular weight is 389 g/mol. The molecule has 2 aliphatic heterocycles. The molecule has 2 aromatic rings. The Bertz CT molecular complexity index is 881. The first-order valence-electron chi connectivity index (χ1n) is 9.15. The van der Waals surface area contributed by atoms with Gasteiger partial charge in [-0.25, -0.2) is 8.42 Å². The number of hydrogen-bond acceptors (Lipinski definition) is 6. The third-order valence-corrected chi connectivity index (χ3v) is 6.79. The highest BCUT2D eigenvalue weighted by Gasteiger charge is 2.29. The molecule has 0 aliphatic carbocycles. The Kier molecular flexibility index (Phi) is 5.29. The number of ether oxygens (including phenoxy) is 2. The van der Waals surface area contributed by atoms with Crippen molar-refractivity contribution in [2.24, 2.45) is 0 Å². The van der Waals surface area contributed by atoms with Gasteiger partial charge in [0.15, 0.2) is 11.5 Å². The summed E-state index contributed by atoms with van der Waals surface area (Å²) in [7, 11) is -3.53. The molecule has 144 valence electrons. The summed E-state index contributed by atoms with van der Waals surface area (Å²) in [4.78, 5) is 6.88. The minimum Gasteiger partial charge on any atom is -0.486 e. The fourth-order valence-corrected chi connectivity index (χ4v) is 4.78. The number of hydrogen-bond donors (Lipinski definition) is 0. The number of benzene rings is 1. The largest absolute Gasteiger partial charge is 0.486 e. The summed E-state index contributed by atoms with van der Waals surface area (Å²) in [6.45, 7) is 4.21. The Hall–Kier alpha value is -2.16. The Morgan fingerprint density at radius 3 is 2.48 bits per heavy atom.